The van der Waals surface area contributed by atoms with Gasteiger partial charge in [-0.25, -0.2) is 0 Å². The Morgan fingerprint density at radius 1 is 0.744 bits per heavy atom. The summed E-state index contributed by atoms with van der Waals surface area (Å²) in [7, 11) is 0. The SMILES string of the molecule is CCCCCCCCCCCCCCCCN1C(=O)C(=O)C(=C(O)c2ccc(C)cc2)C1c1ccc(Cl)cc1. The number of aliphatic hydroxyl groups excluding tert-OH is 1. The molecular formula is C34H46ClNO3. The fraction of sp³-hybridized carbons (Fsp3) is 0.529. The summed E-state index contributed by atoms with van der Waals surface area (Å²) in [4.78, 5) is 27.9. The smallest absolute Gasteiger partial charge is 0.295 e. The van der Waals surface area contributed by atoms with Gasteiger partial charge in [-0.1, -0.05) is 144 Å². The average molecular weight is 552 g/mol. The van der Waals surface area contributed by atoms with Gasteiger partial charge in [0.2, 0.25) is 0 Å². The first-order chi connectivity index (χ1) is 18.9. The van der Waals surface area contributed by atoms with Crippen molar-refractivity contribution < 1.29 is 14.7 Å². The summed E-state index contributed by atoms with van der Waals surface area (Å²) in [6.45, 7) is 4.71. The molecule has 1 aliphatic heterocycles. The van der Waals surface area contributed by atoms with Crippen molar-refractivity contribution >= 4 is 29.1 Å². The summed E-state index contributed by atoms with van der Waals surface area (Å²) >= 11 is 6.12. The molecule has 1 N–H and O–H groups in total. The number of likely N-dealkylation sites (tertiary alicyclic amines) is 1. The molecule has 3 rings (SSSR count). The van der Waals surface area contributed by atoms with E-state index in [1.54, 1.807) is 29.2 Å². The lowest BCUT2D eigenvalue weighted by Crippen LogP contribution is -2.30. The third-order valence-electron chi connectivity index (χ3n) is 7.80. The highest BCUT2D eigenvalue weighted by Gasteiger charge is 2.45. The normalized spacial score (nSPS) is 16.8. The number of rotatable bonds is 17. The molecule has 4 nitrogen and oxygen atoms in total. The number of carbonyl (C=O) groups excluding carboxylic acids is 2. The standard InChI is InChI=1S/C34H46ClNO3/c1-3-4-5-6-7-8-9-10-11-12-13-14-15-16-25-36-31(27-21-23-29(35)24-22-27)30(33(38)34(36)39)32(37)28-19-17-26(2)18-20-28/h17-24,31,37H,3-16,25H2,1-2H3. The van der Waals surface area contributed by atoms with Crippen molar-refractivity contribution in [3.63, 3.8) is 0 Å². The fourth-order valence-corrected chi connectivity index (χ4v) is 5.57. The van der Waals surface area contributed by atoms with Crippen molar-refractivity contribution in [1.29, 1.82) is 0 Å². The Balaban J connectivity index is 1.52. The molecule has 1 amide bonds. The maximum atomic E-state index is 13.2. The molecule has 2 aromatic carbocycles. The van der Waals surface area contributed by atoms with E-state index in [2.05, 4.69) is 6.92 Å². The lowest BCUT2D eigenvalue weighted by Gasteiger charge is -2.25. The number of benzene rings is 2. The van der Waals surface area contributed by atoms with E-state index in [4.69, 9.17) is 11.6 Å². The maximum Gasteiger partial charge on any atom is 0.295 e. The first-order valence-electron chi connectivity index (χ1n) is 15.0. The van der Waals surface area contributed by atoms with E-state index in [0.717, 1.165) is 30.4 Å². The van der Waals surface area contributed by atoms with Gasteiger partial charge in [-0.3, -0.25) is 9.59 Å². The highest BCUT2D eigenvalue weighted by molar-refractivity contribution is 6.46. The highest BCUT2D eigenvalue weighted by Crippen LogP contribution is 2.40. The van der Waals surface area contributed by atoms with Gasteiger partial charge < -0.3 is 10.0 Å². The van der Waals surface area contributed by atoms with Crippen LogP contribution in [0.3, 0.4) is 0 Å². The molecule has 0 aliphatic carbocycles. The number of halogens is 1. The Morgan fingerprint density at radius 3 is 1.74 bits per heavy atom. The van der Waals surface area contributed by atoms with Crippen molar-refractivity contribution in [1.82, 2.24) is 4.90 Å². The molecule has 0 bridgehead atoms. The second-order valence-electron chi connectivity index (χ2n) is 11.0. The van der Waals surface area contributed by atoms with Crippen LogP contribution in [0, 0.1) is 6.92 Å². The van der Waals surface area contributed by atoms with E-state index in [-0.39, 0.29) is 11.3 Å². The average Bonchev–Trinajstić information content (AvgIpc) is 3.18. The summed E-state index contributed by atoms with van der Waals surface area (Å²) in [5.74, 6) is -1.30. The van der Waals surface area contributed by atoms with Crippen LogP contribution in [0.2, 0.25) is 5.02 Å². The number of amides is 1. The Hall–Kier alpha value is -2.59. The van der Waals surface area contributed by atoms with Crippen molar-refractivity contribution in [2.75, 3.05) is 6.54 Å². The topological polar surface area (TPSA) is 57.6 Å². The first-order valence-corrected chi connectivity index (χ1v) is 15.4. The molecule has 212 valence electrons. The molecule has 5 heteroatoms. The molecule has 2 aromatic rings. The molecule has 0 spiro atoms. The molecule has 1 atom stereocenters. The minimum absolute atomic E-state index is 0.128. The second-order valence-corrected chi connectivity index (χ2v) is 11.4. The van der Waals surface area contributed by atoms with Crippen LogP contribution in [-0.2, 0) is 9.59 Å². The van der Waals surface area contributed by atoms with E-state index >= 15 is 0 Å². The number of ketones is 1. The van der Waals surface area contributed by atoms with Gasteiger partial charge in [-0.15, -0.1) is 0 Å². The molecule has 1 fully saturated rings. The van der Waals surface area contributed by atoms with Crippen LogP contribution in [0.15, 0.2) is 54.1 Å². The van der Waals surface area contributed by atoms with Gasteiger partial charge in [0.05, 0.1) is 11.6 Å². The number of nitrogens with zero attached hydrogens (tertiary/aromatic N) is 1. The maximum absolute atomic E-state index is 13.2. The zero-order valence-corrected chi connectivity index (χ0v) is 24.6. The minimum atomic E-state index is -0.626. The summed E-state index contributed by atoms with van der Waals surface area (Å²) < 4.78 is 0. The van der Waals surface area contributed by atoms with Gasteiger partial charge in [-0.2, -0.15) is 0 Å². The zero-order chi connectivity index (χ0) is 28.0. The lowest BCUT2D eigenvalue weighted by atomic mass is 9.95. The molecule has 0 aromatic heterocycles. The number of unbranched alkanes of at least 4 members (excludes halogenated alkanes) is 13. The molecule has 1 heterocycles. The summed E-state index contributed by atoms with van der Waals surface area (Å²) in [5.41, 5.74) is 2.52. The van der Waals surface area contributed by atoms with Crippen LogP contribution in [0.1, 0.15) is 120 Å². The van der Waals surface area contributed by atoms with E-state index in [1.807, 2.05) is 31.2 Å². The number of aryl methyl sites for hydroxylation is 1. The largest absolute Gasteiger partial charge is 0.507 e. The number of carbonyl (C=O) groups is 2. The third-order valence-corrected chi connectivity index (χ3v) is 8.06. The molecule has 39 heavy (non-hydrogen) atoms. The van der Waals surface area contributed by atoms with Crippen molar-refractivity contribution in [3.05, 3.63) is 75.8 Å². The van der Waals surface area contributed by atoms with E-state index in [9.17, 15) is 14.7 Å². The minimum Gasteiger partial charge on any atom is -0.507 e. The van der Waals surface area contributed by atoms with E-state index in [1.165, 1.54) is 70.6 Å². The van der Waals surface area contributed by atoms with Crippen molar-refractivity contribution in [2.24, 2.45) is 0 Å². The van der Waals surface area contributed by atoms with Gasteiger partial charge in [0, 0.05) is 17.1 Å². The highest BCUT2D eigenvalue weighted by atomic mass is 35.5. The van der Waals surface area contributed by atoms with Crippen LogP contribution >= 0.6 is 11.6 Å². The van der Waals surface area contributed by atoms with Crippen LogP contribution in [0.25, 0.3) is 5.76 Å². The summed E-state index contributed by atoms with van der Waals surface area (Å²) in [6, 6.07) is 13.9. The predicted octanol–water partition coefficient (Wildman–Crippen LogP) is 9.55. The van der Waals surface area contributed by atoms with Crippen LogP contribution < -0.4 is 0 Å². The Kier molecular flexibility index (Phi) is 13.1. The van der Waals surface area contributed by atoms with E-state index < -0.39 is 17.7 Å². The van der Waals surface area contributed by atoms with Crippen LogP contribution in [-0.4, -0.2) is 28.2 Å². The zero-order valence-electron chi connectivity index (χ0n) is 23.9. The van der Waals surface area contributed by atoms with Gasteiger partial charge in [0.25, 0.3) is 11.7 Å². The molecule has 1 unspecified atom stereocenters. The summed E-state index contributed by atoms with van der Waals surface area (Å²) in [5, 5.41) is 11.7. The molecule has 1 saturated heterocycles. The fourth-order valence-electron chi connectivity index (χ4n) is 5.45. The Labute approximate surface area is 240 Å². The van der Waals surface area contributed by atoms with Crippen LogP contribution in [0.5, 0.6) is 0 Å². The number of hydrogen-bond acceptors (Lipinski definition) is 3. The van der Waals surface area contributed by atoms with Crippen molar-refractivity contribution in [3.8, 4) is 0 Å². The molecule has 0 radical (unpaired) electrons. The van der Waals surface area contributed by atoms with E-state index in [0.29, 0.717) is 17.1 Å². The summed E-state index contributed by atoms with van der Waals surface area (Å²) in [6.07, 6.45) is 17.7. The van der Waals surface area contributed by atoms with Gasteiger partial charge in [0.15, 0.2) is 0 Å². The quantitative estimate of drug-likeness (QED) is 0.0921. The predicted molar refractivity (Wildman–Crippen MR) is 162 cm³/mol. The third kappa shape index (κ3) is 9.24. The lowest BCUT2D eigenvalue weighted by molar-refractivity contribution is -0.139. The monoisotopic (exact) mass is 551 g/mol. The van der Waals surface area contributed by atoms with Crippen molar-refractivity contribution in [2.45, 2.75) is 110 Å². The Bertz CT molecular complexity index is 1070. The number of aliphatic hydroxyl groups is 1. The van der Waals surface area contributed by atoms with Crippen LogP contribution in [0.4, 0.5) is 0 Å². The Morgan fingerprint density at radius 2 is 1.23 bits per heavy atom. The number of hydrogen-bond donors (Lipinski definition) is 1. The second kappa shape index (κ2) is 16.5. The van der Waals surface area contributed by atoms with Gasteiger partial charge in [-0.05, 0) is 31.0 Å². The first kappa shape index (κ1) is 30.9. The molecular weight excluding hydrogens is 506 g/mol. The molecule has 1 aliphatic rings. The molecule has 0 saturated carbocycles. The number of Topliss-reactive ketones (excluding diaryl/α,β-unsaturated/α-hetero) is 1. The van der Waals surface area contributed by atoms with Gasteiger partial charge >= 0.3 is 0 Å². The van der Waals surface area contributed by atoms with Gasteiger partial charge in [0.1, 0.15) is 5.76 Å².